The van der Waals surface area contributed by atoms with Crippen LogP contribution in [-0.2, 0) is 4.79 Å². The number of fused-ring (bicyclic) bond motifs is 1. The molecule has 0 radical (unpaired) electrons. The second-order valence-corrected chi connectivity index (χ2v) is 9.59. The molecule has 4 rings (SSSR count). The zero-order chi connectivity index (χ0) is 23.4. The van der Waals surface area contributed by atoms with Crippen molar-refractivity contribution in [2.24, 2.45) is 0 Å². The van der Waals surface area contributed by atoms with Gasteiger partial charge in [-0.2, -0.15) is 0 Å². The molecule has 0 aliphatic rings. The molecule has 0 saturated carbocycles. The van der Waals surface area contributed by atoms with Crippen LogP contribution >= 0.6 is 35.0 Å². The number of hydrogen-bond donors (Lipinski definition) is 2. The number of amides is 2. The van der Waals surface area contributed by atoms with Gasteiger partial charge in [0.15, 0.2) is 0 Å². The predicted octanol–water partition coefficient (Wildman–Crippen LogP) is 7.52. The summed E-state index contributed by atoms with van der Waals surface area (Å²) in [7, 11) is 0. The van der Waals surface area contributed by atoms with Gasteiger partial charge in [0.1, 0.15) is 0 Å². The van der Waals surface area contributed by atoms with E-state index in [1.807, 2.05) is 66.7 Å². The van der Waals surface area contributed by atoms with Crippen molar-refractivity contribution in [3.05, 3.63) is 101 Å². The topological polar surface area (TPSA) is 58.2 Å². The number of hydrogen-bond acceptors (Lipinski definition) is 3. The van der Waals surface area contributed by atoms with Crippen LogP contribution in [0.5, 0.6) is 0 Å². The Kier molecular flexibility index (Phi) is 7.23. The molecule has 0 aromatic heterocycles. The molecule has 0 aliphatic carbocycles. The summed E-state index contributed by atoms with van der Waals surface area (Å²) in [6.45, 7) is 1.80. The summed E-state index contributed by atoms with van der Waals surface area (Å²) >= 11 is 13.6. The van der Waals surface area contributed by atoms with Gasteiger partial charge in [0, 0.05) is 16.1 Å². The van der Waals surface area contributed by atoms with Crippen molar-refractivity contribution in [1.82, 2.24) is 0 Å². The first-order chi connectivity index (χ1) is 15.9. The van der Waals surface area contributed by atoms with Crippen molar-refractivity contribution in [3.8, 4) is 0 Å². The first-order valence-corrected chi connectivity index (χ1v) is 11.9. The quantitative estimate of drug-likeness (QED) is 0.272. The molecule has 4 nitrogen and oxygen atoms in total. The normalized spacial score (nSPS) is 11.7. The maximum absolute atomic E-state index is 12.8. The van der Waals surface area contributed by atoms with Gasteiger partial charge >= 0.3 is 0 Å². The Morgan fingerprint density at radius 1 is 0.818 bits per heavy atom. The van der Waals surface area contributed by atoms with Crippen LogP contribution in [0.4, 0.5) is 11.4 Å². The molecule has 0 aliphatic heterocycles. The first kappa shape index (κ1) is 23.2. The molecule has 0 saturated heterocycles. The van der Waals surface area contributed by atoms with Crippen molar-refractivity contribution in [3.63, 3.8) is 0 Å². The minimum atomic E-state index is -0.397. The van der Waals surface area contributed by atoms with Crippen LogP contribution in [0, 0.1) is 0 Å². The van der Waals surface area contributed by atoms with Gasteiger partial charge in [-0.1, -0.05) is 65.7 Å². The number of nitrogens with one attached hydrogen (secondary N) is 2. The maximum atomic E-state index is 12.8. The molecule has 2 N–H and O–H groups in total. The van der Waals surface area contributed by atoms with Crippen molar-refractivity contribution in [2.45, 2.75) is 17.1 Å². The molecule has 33 heavy (non-hydrogen) atoms. The molecule has 7 heteroatoms. The minimum absolute atomic E-state index is 0.190. The van der Waals surface area contributed by atoms with Gasteiger partial charge in [0.25, 0.3) is 5.91 Å². The third-order valence-corrected chi connectivity index (χ3v) is 6.91. The van der Waals surface area contributed by atoms with Crippen LogP contribution in [-0.4, -0.2) is 17.1 Å². The van der Waals surface area contributed by atoms with E-state index in [2.05, 4.69) is 10.6 Å². The number of anilines is 2. The molecule has 0 spiro atoms. The third kappa shape index (κ3) is 5.69. The number of carbonyl (C=O) groups excluding carboxylic acids is 2. The molecular weight excluding hydrogens is 475 g/mol. The van der Waals surface area contributed by atoms with Gasteiger partial charge in [0.05, 0.1) is 21.0 Å². The first-order valence-electron chi connectivity index (χ1n) is 10.2. The lowest BCUT2D eigenvalue weighted by atomic mass is 10.1. The molecule has 0 bridgehead atoms. The van der Waals surface area contributed by atoms with Crippen LogP contribution in [0.25, 0.3) is 10.8 Å². The van der Waals surface area contributed by atoms with E-state index in [0.717, 1.165) is 15.7 Å². The largest absolute Gasteiger partial charge is 0.324 e. The Hall–Kier alpha value is -2.99. The van der Waals surface area contributed by atoms with Crippen LogP contribution in [0.15, 0.2) is 89.8 Å². The SMILES string of the molecule is CC(Sc1cccc(NC(=O)c2ccc3ccccc3c2)c1)C(=O)Nc1cccc(Cl)c1Cl. The fourth-order valence-electron chi connectivity index (χ4n) is 3.27. The van der Waals surface area contributed by atoms with Crippen LogP contribution in [0.1, 0.15) is 17.3 Å². The zero-order valence-electron chi connectivity index (χ0n) is 17.6. The summed E-state index contributed by atoms with van der Waals surface area (Å²) in [4.78, 5) is 26.2. The van der Waals surface area contributed by atoms with E-state index >= 15 is 0 Å². The van der Waals surface area contributed by atoms with Gasteiger partial charge < -0.3 is 10.6 Å². The summed E-state index contributed by atoms with van der Waals surface area (Å²) < 4.78 is 0. The monoisotopic (exact) mass is 494 g/mol. The lowest BCUT2D eigenvalue weighted by Crippen LogP contribution is -2.22. The lowest BCUT2D eigenvalue weighted by molar-refractivity contribution is -0.115. The fraction of sp³-hybridized carbons (Fsp3) is 0.0769. The van der Waals surface area contributed by atoms with Crippen molar-refractivity contribution in [1.29, 1.82) is 0 Å². The summed E-state index contributed by atoms with van der Waals surface area (Å²) in [6, 6.07) is 26.0. The maximum Gasteiger partial charge on any atom is 0.255 e. The van der Waals surface area contributed by atoms with Gasteiger partial charge in [-0.3, -0.25) is 9.59 Å². The molecule has 2 amide bonds. The third-order valence-electron chi connectivity index (χ3n) is 5.00. The average molecular weight is 495 g/mol. The Morgan fingerprint density at radius 3 is 2.39 bits per heavy atom. The number of carbonyl (C=O) groups is 2. The van der Waals surface area contributed by atoms with E-state index in [-0.39, 0.29) is 11.8 Å². The molecule has 1 unspecified atom stereocenters. The molecule has 1 atom stereocenters. The second-order valence-electron chi connectivity index (χ2n) is 7.39. The molecule has 4 aromatic carbocycles. The molecular formula is C26H20Cl2N2O2S. The van der Waals surface area contributed by atoms with E-state index < -0.39 is 5.25 Å². The van der Waals surface area contributed by atoms with Gasteiger partial charge in [-0.05, 0) is 60.2 Å². The van der Waals surface area contributed by atoms with E-state index in [4.69, 9.17) is 23.2 Å². The minimum Gasteiger partial charge on any atom is -0.324 e. The molecule has 0 fully saturated rings. The highest BCUT2D eigenvalue weighted by Crippen LogP contribution is 2.31. The Bertz CT molecular complexity index is 1340. The van der Waals surface area contributed by atoms with Crippen LogP contribution < -0.4 is 10.6 Å². The van der Waals surface area contributed by atoms with Crippen molar-refractivity contribution < 1.29 is 9.59 Å². The Labute approximate surface area is 206 Å². The van der Waals surface area contributed by atoms with E-state index in [1.54, 1.807) is 25.1 Å². The van der Waals surface area contributed by atoms with Crippen molar-refractivity contribution >= 4 is 68.9 Å². The second kappa shape index (κ2) is 10.3. The number of halogens is 2. The van der Waals surface area contributed by atoms with Gasteiger partial charge in [0.2, 0.25) is 5.91 Å². The molecule has 0 heterocycles. The Balaban J connectivity index is 1.42. The highest BCUT2D eigenvalue weighted by atomic mass is 35.5. The predicted molar refractivity (Wildman–Crippen MR) is 139 cm³/mol. The summed E-state index contributed by atoms with van der Waals surface area (Å²) in [6.07, 6.45) is 0. The fourth-order valence-corrected chi connectivity index (χ4v) is 4.55. The number of rotatable bonds is 6. The summed E-state index contributed by atoms with van der Waals surface area (Å²) in [5.74, 6) is -0.390. The Morgan fingerprint density at radius 2 is 1.58 bits per heavy atom. The van der Waals surface area contributed by atoms with Crippen LogP contribution in [0.3, 0.4) is 0 Å². The van der Waals surface area contributed by atoms with Crippen molar-refractivity contribution in [2.75, 3.05) is 10.6 Å². The molecule has 166 valence electrons. The van der Waals surface area contributed by atoms with E-state index in [9.17, 15) is 9.59 Å². The lowest BCUT2D eigenvalue weighted by Gasteiger charge is -2.14. The van der Waals surface area contributed by atoms with Gasteiger partial charge in [-0.15, -0.1) is 11.8 Å². The van der Waals surface area contributed by atoms with Gasteiger partial charge in [-0.25, -0.2) is 0 Å². The number of thioether (sulfide) groups is 1. The van der Waals surface area contributed by atoms with E-state index in [0.29, 0.717) is 27.0 Å². The van der Waals surface area contributed by atoms with E-state index in [1.165, 1.54) is 11.8 Å². The average Bonchev–Trinajstić information content (AvgIpc) is 2.82. The number of benzene rings is 4. The zero-order valence-corrected chi connectivity index (χ0v) is 20.0. The summed E-state index contributed by atoms with van der Waals surface area (Å²) in [5, 5.41) is 8.12. The standard InChI is InChI=1S/C26H20Cl2N2O2S/c1-16(25(31)30-23-11-5-10-22(27)24(23)28)33-21-9-4-8-20(15-21)29-26(32)19-13-12-17-6-2-3-7-18(17)14-19/h2-16H,1H3,(H,29,32)(H,30,31). The highest BCUT2D eigenvalue weighted by molar-refractivity contribution is 8.00. The van der Waals surface area contributed by atoms with Crippen LogP contribution in [0.2, 0.25) is 10.0 Å². The summed E-state index contributed by atoms with van der Waals surface area (Å²) in [5.41, 5.74) is 1.71. The molecule has 4 aromatic rings. The highest BCUT2D eigenvalue weighted by Gasteiger charge is 2.17. The smallest absolute Gasteiger partial charge is 0.255 e.